The first kappa shape index (κ1) is 26.0. The Morgan fingerprint density at radius 1 is 1.29 bits per heavy atom. The third-order valence-electron chi connectivity index (χ3n) is 6.50. The highest BCUT2D eigenvalue weighted by Crippen LogP contribution is 2.45. The topological polar surface area (TPSA) is 54.6 Å². The number of thiophene rings is 1. The first-order chi connectivity index (χ1) is 16.7. The van der Waals surface area contributed by atoms with Crippen LogP contribution in [0.4, 0.5) is 5.00 Å². The van der Waals surface area contributed by atoms with Crippen LogP contribution in [0.2, 0.25) is 5.02 Å². The van der Waals surface area contributed by atoms with Crippen molar-refractivity contribution in [1.82, 2.24) is 0 Å². The number of nitrogens with zero attached hydrogens (tertiary/aromatic N) is 2. The smallest absolute Gasteiger partial charge is 0.174 e. The van der Waals surface area contributed by atoms with Gasteiger partial charge < -0.3 is 9.47 Å². The normalized spacial score (nSPS) is 15.6. The van der Waals surface area contributed by atoms with Crippen molar-refractivity contribution in [1.29, 1.82) is 5.26 Å². The maximum atomic E-state index is 9.86. The van der Waals surface area contributed by atoms with Crippen molar-refractivity contribution in [2.75, 3.05) is 7.11 Å². The molecule has 1 aliphatic rings. The average Bonchev–Trinajstić information content (AvgIpc) is 3.18. The third kappa shape index (κ3) is 5.84. The number of nitriles is 1. The van der Waals surface area contributed by atoms with Crippen molar-refractivity contribution >= 4 is 56.7 Å². The molecule has 7 heteroatoms. The summed E-state index contributed by atoms with van der Waals surface area (Å²) in [6.07, 6.45) is 4.91. The molecule has 0 spiro atoms. The van der Waals surface area contributed by atoms with Crippen LogP contribution in [0.15, 0.2) is 41.4 Å². The fourth-order valence-corrected chi connectivity index (χ4v) is 6.56. The molecule has 182 valence electrons. The second-order valence-electron chi connectivity index (χ2n) is 9.77. The van der Waals surface area contributed by atoms with Gasteiger partial charge in [-0.1, -0.05) is 50.6 Å². The Kier molecular flexibility index (Phi) is 8.09. The Morgan fingerprint density at radius 3 is 2.74 bits per heavy atom. The number of methoxy groups -OCH3 is 1. The molecule has 3 aromatic rings. The number of rotatable bonds is 6. The number of hydrogen-bond donors (Lipinski definition) is 0. The van der Waals surface area contributed by atoms with Crippen LogP contribution in [0.3, 0.4) is 0 Å². The molecule has 1 atom stereocenters. The Balaban J connectivity index is 1.57. The predicted molar refractivity (Wildman–Crippen MR) is 153 cm³/mol. The Bertz CT molecular complexity index is 1300. The lowest BCUT2D eigenvalue weighted by Gasteiger charge is -2.33. The van der Waals surface area contributed by atoms with E-state index in [2.05, 4.69) is 49.4 Å². The first-order valence-corrected chi connectivity index (χ1v) is 13.8. The van der Waals surface area contributed by atoms with E-state index in [1.54, 1.807) is 18.4 Å². The molecule has 0 N–H and O–H groups in total. The summed E-state index contributed by atoms with van der Waals surface area (Å²) in [5.41, 5.74) is 3.99. The molecule has 4 rings (SSSR count). The standard InChI is InChI=1S/C28H28ClIN2O2S/c1-28(2,3)19-9-10-20-21(14-31)27(35-25(20)13-19)32-15-17-11-23(30)26(24(12-17)33-4)34-16-18-7-5-6-8-22(18)29/h5-8,11-12,15,19H,9-10,13,16H2,1-4H3/t19-/m1/s1. The largest absolute Gasteiger partial charge is 0.493 e. The molecule has 0 fully saturated rings. The van der Waals surface area contributed by atoms with Crippen LogP contribution in [-0.4, -0.2) is 13.3 Å². The predicted octanol–water partition coefficient (Wildman–Crippen LogP) is 8.37. The van der Waals surface area contributed by atoms with E-state index in [1.165, 1.54) is 10.4 Å². The summed E-state index contributed by atoms with van der Waals surface area (Å²) in [5, 5.41) is 11.3. The number of fused-ring (bicyclic) bond motifs is 1. The molecule has 35 heavy (non-hydrogen) atoms. The van der Waals surface area contributed by atoms with Crippen LogP contribution in [-0.2, 0) is 19.4 Å². The van der Waals surface area contributed by atoms with Gasteiger partial charge >= 0.3 is 0 Å². The van der Waals surface area contributed by atoms with Crippen molar-refractivity contribution < 1.29 is 9.47 Å². The monoisotopic (exact) mass is 618 g/mol. The molecule has 0 radical (unpaired) electrons. The highest BCUT2D eigenvalue weighted by molar-refractivity contribution is 14.1. The molecule has 0 saturated heterocycles. The summed E-state index contributed by atoms with van der Waals surface area (Å²) in [6.45, 7) is 7.26. The highest BCUT2D eigenvalue weighted by atomic mass is 127. The summed E-state index contributed by atoms with van der Waals surface area (Å²) >= 11 is 10.2. The molecule has 0 unspecified atom stereocenters. The van der Waals surface area contributed by atoms with Gasteiger partial charge in [-0.05, 0) is 82.5 Å². The Hall–Kier alpha value is -2.08. The van der Waals surface area contributed by atoms with Gasteiger partial charge in [-0.25, -0.2) is 4.99 Å². The van der Waals surface area contributed by atoms with Gasteiger partial charge in [0.05, 0.1) is 16.2 Å². The maximum absolute atomic E-state index is 9.86. The molecule has 1 aliphatic carbocycles. The van der Waals surface area contributed by atoms with Crippen molar-refractivity contribution in [2.24, 2.45) is 16.3 Å². The molecule has 0 bridgehead atoms. The minimum atomic E-state index is 0.265. The number of benzene rings is 2. The quantitative estimate of drug-likeness (QED) is 0.206. The number of hydrogen-bond acceptors (Lipinski definition) is 5. The number of halogens is 2. The van der Waals surface area contributed by atoms with E-state index >= 15 is 0 Å². The minimum Gasteiger partial charge on any atom is -0.493 e. The summed E-state index contributed by atoms with van der Waals surface area (Å²) < 4.78 is 12.6. The van der Waals surface area contributed by atoms with Gasteiger partial charge in [0, 0.05) is 21.7 Å². The molecular weight excluding hydrogens is 591 g/mol. The van der Waals surface area contributed by atoms with Gasteiger partial charge in [0.2, 0.25) is 0 Å². The summed E-state index contributed by atoms with van der Waals surface area (Å²) in [4.78, 5) is 6.06. The second kappa shape index (κ2) is 10.9. The molecular formula is C28H28ClIN2O2S. The zero-order chi connectivity index (χ0) is 25.2. The van der Waals surface area contributed by atoms with E-state index in [0.29, 0.717) is 29.0 Å². The number of aliphatic imine (C=N–C) groups is 1. The van der Waals surface area contributed by atoms with Crippen LogP contribution in [0, 0.1) is 26.2 Å². The number of ether oxygens (including phenoxy) is 2. The lowest BCUT2D eigenvalue weighted by atomic mass is 9.72. The van der Waals surface area contributed by atoms with E-state index in [4.69, 9.17) is 26.1 Å². The zero-order valence-corrected chi connectivity index (χ0v) is 24.1. The van der Waals surface area contributed by atoms with E-state index in [9.17, 15) is 5.26 Å². The first-order valence-electron chi connectivity index (χ1n) is 11.5. The van der Waals surface area contributed by atoms with Crippen molar-refractivity contribution in [3.05, 3.63) is 72.1 Å². The summed E-state index contributed by atoms with van der Waals surface area (Å²) in [6, 6.07) is 14.0. The molecule has 0 aliphatic heterocycles. The Morgan fingerprint density at radius 2 is 2.06 bits per heavy atom. The van der Waals surface area contributed by atoms with Gasteiger partial charge in [-0.15, -0.1) is 11.3 Å². The summed E-state index contributed by atoms with van der Waals surface area (Å²) in [7, 11) is 1.63. The fourth-order valence-electron chi connectivity index (χ4n) is 4.37. The SMILES string of the molecule is COc1cc(C=Nc2sc3c(c2C#N)CC[C@@H](C(C)(C)C)C3)cc(I)c1OCc1ccccc1Cl. The van der Waals surface area contributed by atoms with E-state index in [1.807, 2.05) is 42.6 Å². The molecule has 2 aromatic carbocycles. The molecule has 0 saturated carbocycles. The van der Waals surface area contributed by atoms with Crippen LogP contribution in [0.25, 0.3) is 0 Å². The maximum Gasteiger partial charge on any atom is 0.174 e. The van der Waals surface area contributed by atoms with Crippen LogP contribution < -0.4 is 9.47 Å². The highest BCUT2D eigenvalue weighted by Gasteiger charge is 2.32. The zero-order valence-electron chi connectivity index (χ0n) is 20.3. The molecule has 1 heterocycles. The molecule has 0 amide bonds. The molecule has 4 nitrogen and oxygen atoms in total. The van der Waals surface area contributed by atoms with Crippen molar-refractivity contribution in [2.45, 2.75) is 46.6 Å². The Labute approximate surface area is 230 Å². The van der Waals surface area contributed by atoms with Crippen LogP contribution in [0.5, 0.6) is 11.5 Å². The lowest BCUT2D eigenvalue weighted by molar-refractivity contribution is 0.218. The van der Waals surface area contributed by atoms with Crippen molar-refractivity contribution in [3.8, 4) is 17.6 Å². The van der Waals surface area contributed by atoms with E-state index in [-0.39, 0.29) is 5.41 Å². The van der Waals surface area contributed by atoms with E-state index in [0.717, 1.165) is 44.5 Å². The third-order valence-corrected chi connectivity index (χ3v) is 8.83. The lowest BCUT2D eigenvalue weighted by Crippen LogP contribution is -2.26. The summed E-state index contributed by atoms with van der Waals surface area (Å²) in [5.74, 6) is 1.92. The van der Waals surface area contributed by atoms with Crippen molar-refractivity contribution in [3.63, 3.8) is 0 Å². The van der Waals surface area contributed by atoms with Gasteiger partial charge in [0.25, 0.3) is 0 Å². The molecule has 1 aromatic heterocycles. The van der Waals surface area contributed by atoms with E-state index < -0.39 is 0 Å². The van der Waals surface area contributed by atoms with Crippen LogP contribution >= 0.6 is 45.5 Å². The van der Waals surface area contributed by atoms with Gasteiger partial charge in [-0.3, -0.25) is 0 Å². The van der Waals surface area contributed by atoms with Gasteiger partial charge in [0.1, 0.15) is 17.7 Å². The van der Waals surface area contributed by atoms with Gasteiger partial charge in [0.15, 0.2) is 11.5 Å². The average molecular weight is 619 g/mol. The second-order valence-corrected chi connectivity index (χ2v) is 12.4. The fraction of sp³-hybridized carbons (Fsp3) is 0.357. The van der Waals surface area contributed by atoms with Gasteiger partial charge in [-0.2, -0.15) is 5.26 Å². The minimum absolute atomic E-state index is 0.265. The van der Waals surface area contributed by atoms with Crippen LogP contribution in [0.1, 0.15) is 54.3 Å².